The summed E-state index contributed by atoms with van der Waals surface area (Å²) in [6, 6.07) is 10.8. The summed E-state index contributed by atoms with van der Waals surface area (Å²) in [6.45, 7) is 0. The maximum atomic E-state index is 12.7. The lowest BCUT2D eigenvalue weighted by atomic mass is 10.1. The van der Waals surface area contributed by atoms with Crippen molar-refractivity contribution in [3.05, 3.63) is 64.2 Å². The zero-order chi connectivity index (χ0) is 20.5. The van der Waals surface area contributed by atoms with Crippen molar-refractivity contribution in [2.24, 2.45) is 0 Å². The molecule has 0 fully saturated rings. The Labute approximate surface area is 174 Å². The van der Waals surface area contributed by atoms with Gasteiger partial charge in [-0.15, -0.1) is 0 Å². The number of hydrogen-bond donors (Lipinski definition) is 3. The van der Waals surface area contributed by atoms with E-state index < -0.39 is 23.8 Å². The fourth-order valence-electron chi connectivity index (χ4n) is 2.22. The second-order valence-corrected chi connectivity index (χ2v) is 7.44. The third-order valence-electron chi connectivity index (χ3n) is 3.61. The molecule has 7 nitrogen and oxygen atoms in total. The van der Waals surface area contributed by atoms with Crippen LogP contribution in [0.3, 0.4) is 0 Å². The predicted octanol–water partition coefficient (Wildman–Crippen LogP) is 3.14. The molecule has 2 aromatic rings. The molecule has 0 spiro atoms. The van der Waals surface area contributed by atoms with Crippen LogP contribution in [-0.4, -0.2) is 40.9 Å². The molecule has 1 unspecified atom stereocenters. The van der Waals surface area contributed by atoms with Gasteiger partial charge in [0.25, 0.3) is 11.8 Å². The minimum absolute atomic E-state index is 0.0100. The highest BCUT2D eigenvalue weighted by Crippen LogP contribution is 2.15. The van der Waals surface area contributed by atoms with E-state index in [0.29, 0.717) is 16.0 Å². The topological polar surface area (TPSA) is 109 Å². The van der Waals surface area contributed by atoms with Crippen LogP contribution in [-0.2, 0) is 9.59 Å². The van der Waals surface area contributed by atoms with Crippen LogP contribution in [0.1, 0.15) is 22.5 Å². The van der Waals surface area contributed by atoms with Gasteiger partial charge in [0.2, 0.25) is 0 Å². The van der Waals surface area contributed by atoms with E-state index in [4.69, 9.17) is 4.42 Å². The number of benzene rings is 1. The normalized spacial score (nSPS) is 12.3. The first kappa shape index (κ1) is 21.8. The van der Waals surface area contributed by atoms with Crippen LogP contribution >= 0.6 is 27.7 Å². The lowest BCUT2D eigenvalue weighted by Crippen LogP contribution is -2.44. The van der Waals surface area contributed by atoms with E-state index >= 15 is 0 Å². The first-order chi connectivity index (χ1) is 13.4. The number of carboxylic acids is 1. The SMILES string of the molecule is CSCCC(NC(=O)/C(=C/c1ccccc1)NC(=O)c1ccc(Br)o1)C(=O)O. The number of thioether (sulfide) groups is 1. The third kappa shape index (κ3) is 6.58. The molecule has 9 heteroatoms. The van der Waals surface area contributed by atoms with Gasteiger partial charge in [-0.3, -0.25) is 9.59 Å². The van der Waals surface area contributed by atoms with E-state index in [9.17, 15) is 19.5 Å². The molecule has 0 bridgehead atoms. The molecule has 2 amide bonds. The van der Waals surface area contributed by atoms with Crippen LogP contribution in [0, 0.1) is 0 Å². The van der Waals surface area contributed by atoms with Crippen molar-refractivity contribution in [2.45, 2.75) is 12.5 Å². The Bertz CT molecular complexity index is 866. The number of hydrogen-bond acceptors (Lipinski definition) is 5. The molecule has 3 N–H and O–H groups in total. The standard InChI is InChI=1S/C19H19BrN2O5S/c1-28-10-9-13(19(25)26)21-17(23)14(11-12-5-3-2-4-6-12)22-18(24)15-7-8-16(20)27-15/h2-8,11,13H,9-10H2,1H3,(H,21,23)(H,22,24)(H,25,26)/b14-11-. The molecule has 2 rings (SSSR count). The van der Waals surface area contributed by atoms with Crippen molar-refractivity contribution in [3.63, 3.8) is 0 Å². The Kier molecular flexibility index (Phi) is 8.34. The molecule has 0 aliphatic rings. The lowest BCUT2D eigenvalue weighted by Gasteiger charge is -2.16. The Morgan fingerprint density at radius 3 is 2.50 bits per heavy atom. The van der Waals surface area contributed by atoms with Gasteiger partial charge < -0.3 is 20.2 Å². The number of carboxylic acid groups (broad SMARTS) is 1. The summed E-state index contributed by atoms with van der Waals surface area (Å²) in [4.78, 5) is 36.5. The van der Waals surface area contributed by atoms with Crippen molar-refractivity contribution in [3.8, 4) is 0 Å². The number of amides is 2. The fourth-order valence-corrected chi connectivity index (χ4v) is 3.00. The van der Waals surface area contributed by atoms with Crippen LogP contribution in [0.4, 0.5) is 0 Å². The van der Waals surface area contributed by atoms with Crippen LogP contribution in [0.15, 0.2) is 57.2 Å². The summed E-state index contributed by atoms with van der Waals surface area (Å²) in [6.07, 6.45) is 3.59. The third-order valence-corrected chi connectivity index (χ3v) is 4.68. The van der Waals surface area contributed by atoms with E-state index in [2.05, 4.69) is 26.6 Å². The molecule has 0 saturated heterocycles. The smallest absolute Gasteiger partial charge is 0.326 e. The monoisotopic (exact) mass is 466 g/mol. The van der Waals surface area contributed by atoms with E-state index in [1.165, 1.54) is 23.9 Å². The molecule has 0 aliphatic heterocycles. The Morgan fingerprint density at radius 1 is 1.21 bits per heavy atom. The van der Waals surface area contributed by atoms with Crippen LogP contribution < -0.4 is 10.6 Å². The van der Waals surface area contributed by atoms with Gasteiger partial charge in [0, 0.05) is 0 Å². The summed E-state index contributed by atoms with van der Waals surface area (Å²) >= 11 is 4.59. The van der Waals surface area contributed by atoms with Gasteiger partial charge in [0.15, 0.2) is 10.4 Å². The Hall–Kier alpha value is -2.52. The fraction of sp³-hybridized carbons (Fsp3) is 0.211. The zero-order valence-electron chi connectivity index (χ0n) is 15.0. The van der Waals surface area contributed by atoms with Crippen molar-refractivity contribution >= 4 is 51.6 Å². The minimum atomic E-state index is -1.14. The predicted molar refractivity (Wildman–Crippen MR) is 111 cm³/mol. The van der Waals surface area contributed by atoms with Gasteiger partial charge in [-0.1, -0.05) is 30.3 Å². The van der Waals surface area contributed by atoms with E-state index in [1.54, 1.807) is 30.3 Å². The second kappa shape index (κ2) is 10.7. The zero-order valence-corrected chi connectivity index (χ0v) is 17.4. The average Bonchev–Trinajstić information content (AvgIpc) is 3.11. The Balaban J connectivity index is 2.24. The summed E-state index contributed by atoms with van der Waals surface area (Å²) < 4.78 is 5.57. The number of rotatable bonds is 9. The van der Waals surface area contributed by atoms with E-state index in [0.717, 1.165) is 0 Å². The molecule has 0 saturated carbocycles. The number of carbonyl (C=O) groups excluding carboxylic acids is 2. The molecule has 1 aromatic heterocycles. The highest BCUT2D eigenvalue weighted by atomic mass is 79.9. The molecular formula is C19H19BrN2O5S. The molecule has 0 aliphatic carbocycles. The largest absolute Gasteiger partial charge is 0.480 e. The van der Waals surface area contributed by atoms with Crippen LogP contribution in [0.5, 0.6) is 0 Å². The number of aliphatic carboxylic acids is 1. The van der Waals surface area contributed by atoms with Crippen LogP contribution in [0.25, 0.3) is 6.08 Å². The first-order valence-corrected chi connectivity index (χ1v) is 10.5. The number of carbonyl (C=O) groups is 3. The number of halogens is 1. The molecule has 1 aromatic carbocycles. The molecule has 0 radical (unpaired) electrons. The molecule has 148 valence electrons. The number of furan rings is 1. The number of nitrogens with one attached hydrogen (secondary N) is 2. The van der Waals surface area contributed by atoms with Gasteiger partial charge in [-0.05, 0) is 58.1 Å². The molecule has 1 heterocycles. The van der Waals surface area contributed by atoms with E-state index in [1.807, 2.05) is 12.3 Å². The average molecular weight is 467 g/mol. The van der Waals surface area contributed by atoms with Gasteiger partial charge in [-0.2, -0.15) is 11.8 Å². The highest BCUT2D eigenvalue weighted by Gasteiger charge is 2.23. The lowest BCUT2D eigenvalue weighted by molar-refractivity contribution is -0.141. The minimum Gasteiger partial charge on any atom is -0.480 e. The summed E-state index contributed by atoms with van der Waals surface area (Å²) in [7, 11) is 0. The maximum Gasteiger partial charge on any atom is 0.326 e. The summed E-state index contributed by atoms with van der Waals surface area (Å²) in [5.74, 6) is -1.88. The Morgan fingerprint density at radius 2 is 1.93 bits per heavy atom. The van der Waals surface area contributed by atoms with Crippen molar-refractivity contribution < 1.29 is 23.9 Å². The summed E-state index contributed by atoms with van der Waals surface area (Å²) in [5, 5.41) is 14.3. The van der Waals surface area contributed by atoms with Crippen LogP contribution in [0.2, 0.25) is 0 Å². The molecule has 1 atom stereocenters. The second-order valence-electron chi connectivity index (χ2n) is 5.67. The van der Waals surface area contributed by atoms with Gasteiger partial charge in [0.05, 0.1) is 0 Å². The van der Waals surface area contributed by atoms with E-state index in [-0.39, 0.29) is 17.9 Å². The van der Waals surface area contributed by atoms with Gasteiger partial charge in [-0.25, -0.2) is 4.79 Å². The van der Waals surface area contributed by atoms with Gasteiger partial charge in [0.1, 0.15) is 11.7 Å². The quantitative estimate of drug-likeness (QED) is 0.489. The first-order valence-electron chi connectivity index (χ1n) is 8.26. The van der Waals surface area contributed by atoms with Crippen molar-refractivity contribution in [1.29, 1.82) is 0 Å². The van der Waals surface area contributed by atoms with Gasteiger partial charge >= 0.3 is 5.97 Å². The van der Waals surface area contributed by atoms with Crippen molar-refractivity contribution in [2.75, 3.05) is 12.0 Å². The van der Waals surface area contributed by atoms with Crippen molar-refractivity contribution in [1.82, 2.24) is 10.6 Å². The molecule has 28 heavy (non-hydrogen) atoms. The summed E-state index contributed by atoms with van der Waals surface area (Å²) in [5.41, 5.74) is 0.587. The highest BCUT2D eigenvalue weighted by molar-refractivity contribution is 9.10. The molecular weight excluding hydrogens is 448 g/mol. The maximum absolute atomic E-state index is 12.7.